The molecule has 0 aromatic rings. The van der Waals surface area contributed by atoms with Crippen LogP contribution in [0.15, 0.2) is 12.2 Å². The number of allylic oxidation sites excluding steroid dienone is 2. The molecule has 1 aliphatic rings. The molecule has 0 saturated carbocycles. The van der Waals surface area contributed by atoms with Crippen LogP contribution >= 0.6 is 0 Å². The zero-order valence-corrected chi connectivity index (χ0v) is 6.19. The van der Waals surface area contributed by atoms with E-state index in [1.165, 1.54) is 6.08 Å². The molecule has 0 unspecified atom stereocenters. The number of hydrogen-bond donors (Lipinski definition) is 0. The molecule has 0 heterocycles. The molecule has 1 atom stereocenters. The second-order valence-corrected chi connectivity index (χ2v) is 2.86. The van der Waals surface area contributed by atoms with Crippen LogP contribution in [0, 0.1) is 5.92 Å². The fourth-order valence-corrected chi connectivity index (χ4v) is 1.26. The summed E-state index contributed by atoms with van der Waals surface area (Å²) in [4.78, 5) is 0. The highest BCUT2D eigenvalue weighted by atomic mass is 19.4. The van der Waals surface area contributed by atoms with Gasteiger partial charge in [0, 0.05) is 0 Å². The Morgan fingerprint density at radius 1 is 1.18 bits per heavy atom. The van der Waals surface area contributed by atoms with Gasteiger partial charge in [-0.2, -0.15) is 13.2 Å². The number of hydrogen-bond acceptors (Lipinski definition) is 0. The fraction of sp³-hybridized carbons (Fsp3) is 0.750. The van der Waals surface area contributed by atoms with Crippen LogP contribution < -0.4 is 0 Å². The minimum atomic E-state index is -4.03. The maximum atomic E-state index is 12.1. The predicted octanol–water partition coefficient (Wildman–Crippen LogP) is 3.30. The average molecular weight is 164 g/mol. The zero-order valence-electron chi connectivity index (χ0n) is 6.19. The van der Waals surface area contributed by atoms with Gasteiger partial charge in [-0.1, -0.05) is 18.6 Å². The summed E-state index contributed by atoms with van der Waals surface area (Å²) in [6, 6.07) is 0. The summed E-state index contributed by atoms with van der Waals surface area (Å²) in [6.07, 6.45) is 1.56. The molecule has 0 nitrogen and oxygen atoms in total. The lowest BCUT2D eigenvalue weighted by Gasteiger charge is -2.14. The first-order valence-corrected chi connectivity index (χ1v) is 3.84. The molecule has 0 N–H and O–H groups in total. The maximum Gasteiger partial charge on any atom is 0.395 e. The lowest BCUT2D eigenvalue weighted by molar-refractivity contribution is -0.162. The fourth-order valence-electron chi connectivity index (χ4n) is 1.26. The van der Waals surface area contributed by atoms with E-state index in [2.05, 4.69) is 0 Å². The molecule has 0 bridgehead atoms. The summed E-state index contributed by atoms with van der Waals surface area (Å²) in [7, 11) is 0. The molecular formula is C8H11F3. The third-order valence-corrected chi connectivity index (χ3v) is 1.92. The van der Waals surface area contributed by atoms with Crippen molar-refractivity contribution in [1.82, 2.24) is 0 Å². The molecule has 1 rings (SSSR count). The Morgan fingerprint density at radius 2 is 1.91 bits per heavy atom. The third kappa shape index (κ3) is 2.56. The van der Waals surface area contributed by atoms with E-state index in [4.69, 9.17) is 0 Å². The first-order chi connectivity index (χ1) is 5.11. The lowest BCUT2D eigenvalue weighted by atomic mass is 10.0. The van der Waals surface area contributed by atoms with Gasteiger partial charge in [0.1, 0.15) is 0 Å². The van der Waals surface area contributed by atoms with Gasteiger partial charge < -0.3 is 0 Å². The highest BCUT2D eigenvalue weighted by molar-refractivity contribution is 4.94. The van der Waals surface area contributed by atoms with E-state index < -0.39 is 12.1 Å². The van der Waals surface area contributed by atoms with Gasteiger partial charge in [-0.15, -0.1) is 0 Å². The average Bonchev–Trinajstić information content (AvgIpc) is 2.10. The number of halogens is 3. The summed E-state index contributed by atoms with van der Waals surface area (Å²) in [6.45, 7) is 0. The Balaban J connectivity index is 2.56. The summed E-state index contributed by atoms with van der Waals surface area (Å²) in [5.41, 5.74) is 0. The number of rotatable bonds is 0. The molecule has 3 heteroatoms. The van der Waals surface area contributed by atoms with Crippen molar-refractivity contribution in [2.75, 3.05) is 0 Å². The third-order valence-electron chi connectivity index (χ3n) is 1.92. The van der Waals surface area contributed by atoms with E-state index in [9.17, 15) is 13.2 Å². The van der Waals surface area contributed by atoms with Crippen molar-refractivity contribution in [2.24, 2.45) is 5.92 Å². The van der Waals surface area contributed by atoms with Crippen LogP contribution in [0.3, 0.4) is 0 Å². The van der Waals surface area contributed by atoms with Crippen LogP contribution in [0.1, 0.15) is 25.7 Å². The first kappa shape index (κ1) is 8.62. The van der Waals surface area contributed by atoms with Gasteiger partial charge in [0.05, 0.1) is 5.92 Å². The highest BCUT2D eigenvalue weighted by Crippen LogP contribution is 2.32. The van der Waals surface area contributed by atoms with Crippen LogP contribution in [0.2, 0.25) is 0 Å². The summed E-state index contributed by atoms with van der Waals surface area (Å²) < 4.78 is 36.2. The largest absolute Gasteiger partial charge is 0.395 e. The summed E-state index contributed by atoms with van der Waals surface area (Å²) in [5, 5.41) is 0. The van der Waals surface area contributed by atoms with Gasteiger partial charge in [0.15, 0.2) is 0 Å². The van der Waals surface area contributed by atoms with Crippen molar-refractivity contribution in [1.29, 1.82) is 0 Å². The first-order valence-electron chi connectivity index (χ1n) is 3.84. The second-order valence-electron chi connectivity index (χ2n) is 2.86. The van der Waals surface area contributed by atoms with E-state index in [-0.39, 0.29) is 6.42 Å². The van der Waals surface area contributed by atoms with E-state index in [0.29, 0.717) is 6.42 Å². The van der Waals surface area contributed by atoms with Gasteiger partial charge in [-0.05, 0) is 19.3 Å². The number of alkyl halides is 3. The Labute approximate surface area is 64.1 Å². The monoisotopic (exact) mass is 164 g/mol. The molecule has 0 amide bonds. The highest BCUT2D eigenvalue weighted by Gasteiger charge is 2.37. The summed E-state index contributed by atoms with van der Waals surface area (Å²) >= 11 is 0. The Kier molecular flexibility index (Phi) is 2.58. The van der Waals surface area contributed by atoms with Gasteiger partial charge in [-0.25, -0.2) is 0 Å². The quantitative estimate of drug-likeness (QED) is 0.482. The molecule has 1 aliphatic carbocycles. The zero-order chi connectivity index (χ0) is 8.32. The van der Waals surface area contributed by atoms with Crippen molar-refractivity contribution >= 4 is 0 Å². The standard InChI is InChI=1S/C8H11F3/c9-8(10,11)7-5-3-1-2-4-6-7/h3,5,7H,1-2,4,6H2/t7-/m0/s1. The van der Waals surface area contributed by atoms with Crippen LogP contribution in [0.5, 0.6) is 0 Å². The van der Waals surface area contributed by atoms with Crippen molar-refractivity contribution < 1.29 is 13.2 Å². The predicted molar refractivity (Wildman–Crippen MR) is 37.2 cm³/mol. The molecule has 0 spiro atoms. The van der Waals surface area contributed by atoms with Gasteiger partial charge >= 0.3 is 6.18 Å². The SMILES string of the molecule is FC(F)(F)[C@H]1C=CCCCC1. The van der Waals surface area contributed by atoms with E-state index in [1.807, 2.05) is 0 Å². The van der Waals surface area contributed by atoms with Crippen LogP contribution in [-0.2, 0) is 0 Å². The molecule has 0 fully saturated rings. The molecule has 0 aromatic carbocycles. The second kappa shape index (κ2) is 3.28. The molecule has 0 aromatic heterocycles. The molecule has 0 radical (unpaired) electrons. The van der Waals surface area contributed by atoms with Crippen molar-refractivity contribution in [3.05, 3.63) is 12.2 Å². The van der Waals surface area contributed by atoms with Crippen LogP contribution in [-0.4, -0.2) is 6.18 Å². The normalized spacial score (nSPS) is 26.6. The van der Waals surface area contributed by atoms with Crippen molar-refractivity contribution in [3.63, 3.8) is 0 Å². The van der Waals surface area contributed by atoms with Crippen LogP contribution in [0.4, 0.5) is 13.2 Å². The van der Waals surface area contributed by atoms with E-state index >= 15 is 0 Å². The van der Waals surface area contributed by atoms with Gasteiger partial charge in [0.2, 0.25) is 0 Å². The lowest BCUT2D eigenvalue weighted by Crippen LogP contribution is -2.20. The minimum Gasteiger partial charge on any atom is -0.170 e. The summed E-state index contributed by atoms with van der Waals surface area (Å²) in [5.74, 6) is -1.19. The molecule has 64 valence electrons. The van der Waals surface area contributed by atoms with E-state index in [1.54, 1.807) is 6.08 Å². The molecular weight excluding hydrogens is 153 g/mol. The van der Waals surface area contributed by atoms with Crippen LogP contribution in [0.25, 0.3) is 0 Å². The van der Waals surface area contributed by atoms with Gasteiger partial charge in [-0.3, -0.25) is 0 Å². The maximum absolute atomic E-state index is 12.1. The van der Waals surface area contributed by atoms with Gasteiger partial charge in [0.25, 0.3) is 0 Å². The van der Waals surface area contributed by atoms with Crippen molar-refractivity contribution in [3.8, 4) is 0 Å². The van der Waals surface area contributed by atoms with E-state index in [0.717, 1.165) is 12.8 Å². The molecule has 11 heavy (non-hydrogen) atoms. The minimum absolute atomic E-state index is 0.264. The topological polar surface area (TPSA) is 0 Å². The Bertz CT molecular complexity index is 146. The van der Waals surface area contributed by atoms with Crippen molar-refractivity contribution in [2.45, 2.75) is 31.9 Å². The smallest absolute Gasteiger partial charge is 0.170 e. The molecule has 0 saturated heterocycles. The Morgan fingerprint density at radius 3 is 2.55 bits per heavy atom. The Hall–Kier alpha value is -0.470. The molecule has 0 aliphatic heterocycles.